The Morgan fingerprint density at radius 1 is 1.38 bits per heavy atom. The van der Waals surface area contributed by atoms with Crippen LogP contribution in [0.3, 0.4) is 0 Å². The molecule has 0 saturated carbocycles. The minimum Gasteiger partial charge on any atom is -0.481 e. The summed E-state index contributed by atoms with van der Waals surface area (Å²) in [6.45, 7) is 5.20. The standard InChI is InChI=1S/C15H19ClFNO3/c1-9(10-4-5-12(17)11(16)6-10)18-13(19)7-15(2,3)8-14(20)21/h4-6,9H,7-8H2,1-3H3,(H,18,19)(H,20,21). The molecule has 1 rings (SSSR count). The first-order valence-electron chi connectivity index (χ1n) is 6.57. The third-order valence-corrected chi connectivity index (χ3v) is 3.38. The van der Waals surface area contributed by atoms with Crippen LogP contribution in [0.4, 0.5) is 4.39 Å². The Bertz CT molecular complexity index is 546. The van der Waals surface area contributed by atoms with Gasteiger partial charge in [-0.2, -0.15) is 0 Å². The molecular formula is C15H19ClFNO3. The van der Waals surface area contributed by atoms with Crippen LogP contribution >= 0.6 is 11.6 Å². The fourth-order valence-corrected chi connectivity index (χ4v) is 2.25. The molecule has 6 heteroatoms. The number of carboxylic acids is 1. The maximum atomic E-state index is 13.1. The smallest absolute Gasteiger partial charge is 0.303 e. The zero-order valence-corrected chi connectivity index (χ0v) is 13.0. The van der Waals surface area contributed by atoms with Crippen LogP contribution in [-0.2, 0) is 9.59 Å². The maximum absolute atomic E-state index is 13.1. The maximum Gasteiger partial charge on any atom is 0.303 e. The minimum atomic E-state index is -0.939. The van der Waals surface area contributed by atoms with Crippen molar-refractivity contribution in [1.82, 2.24) is 5.32 Å². The van der Waals surface area contributed by atoms with Crippen molar-refractivity contribution in [1.29, 1.82) is 0 Å². The summed E-state index contributed by atoms with van der Waals surface area (Å²) in [7, 11) is 0. The van der Waals surface area contributed by atoms with Crippen molar-refractivity contribution in [2.45, 2.75) is 39.7 Å². The third kappa shape index (κ3) is 5.71. The predicted octanol–water partition coefficient (Wildman–Crippen LogP) is 3.55. The van der Waals surface area contributed by atoms with Crippen LogP contribution in [0.2, 0.25) is 5.02 Å². The zero-order chi connectivity index (χ0) is 16.2. The Morgan fingerprint density at radius 3 is 2.52 bits per heavy atom. The largest absolute Gasteiger partial charge is 0.481 e. The van der Waals surface area contributed by atoms with Crippen LogP contribution in [0.15, 0.2) is 18.2 Å². The van der Waals surface area contributed by atoms with Gasteiger partial charge in [0.05, 0.1) is 17.5 Å². The quantitative estimate of drug-likeness (QED) is 0.843. The molecule has 2 N–H and O–H groups in total. The number of halogens is 2. The lowest BCUT2D eigenvalue weighted by molar-refractivity contribution is -0.139. The number of nitrogens with one attached hydrogen (secondary N) is 1. The highest BCUT2D eigenvalue weighted by Crippen LogP contribution is 2.26. The molecule has 1 amide bonds. The van der Waals surface area contributed by atoms with Gasteiger partial charge in [-0.25, -0.2) is 4.39 Å². The van der Waals surface area contributed by atoms with Gasteiger partial charge in [0, 0.05) is 6.42 Å². The van der Waals surface area contributed by atoms with Crippen molar-refractivity contribution in [3.63, 3.8) is 0 Å². The molecule has 1 atom stereocenters. The number of rotatable bonds is 6. The molecule has 116 valence electrons. The number of aliphatic carboxylic acids is 1. The summed E-state index contributed by atoms with van der Waals surface area (Å²) < 4.78 is 13.1. The molecule has 0 aliphatic carbocycles. The van der Waals surface area contributed by atoms with E-state index in [-0.39, 0.29) is 29.8 Å². The van der Waals surface area contributed by atoms with Crippen LogP contribution < -0.4 is 5.32 Å². The SMILES string of the molecule is CC(NC(=O)CC(C)(C)CC(=O)O)c1ccc(F)c(Cl)c1. The van der Waals surface area contributed by atoms with Crippen molar-refractivity contribution in [3.8, 4) is 0 Å². The molecule has 0 radical (unpaired) electrons. The van der Waals surface area contributed by atoms with Crippen molar-refractivity contribution < 1.29 is 19.1 Å². The molecule has 0 aliphatic rings. The van der Waals surface area contributed by atoms with Crippen LogP contribution in [-0.4, -0.2) is 17.0 Å². The van der Waals surface area contributed by atoms with Gasteiger partial charge >= 0.3 is 5.97 Å². The van der Waals surface area contributed by atoms with Gasteiger partial charge in [-0.05, 0) is 30.0 Å². The topological polar surface area (TPSA) is 66.4 Å². The Kier molecular flexibility index (Phi) is 5.72. The average molecular weight is 316 g/mol. The monoisotopic (exact) mass is 315 g/mol. The summed E-state index contributed by atoms with van der Waals surface area (Å²) >= 11 is 5.71. The van der Waals surface area contributed by atoms with Crippen molar-refractivity contribution in [2.24, 2.45) is 5.41 Å². The molecule has 1 aromatic rings. The molecule has 0 spiro atoms. The van der Waals surface area contributed by atoms with Gasteiger partial charge in [-0.3, -0.25) is 9.59 Å². The summed E-state index contributed by atoms with van der Waals surface area (Å²) in [6, 6.07) is 3.92. The highest BCUT2D eigenvalue weighted by Gasteiger charge is 2.26. The number of hydrogen-bond acceptors (Lipinski definition) is 2. The van der Waals surface area contributed by atoms with E-state index >= 15 is 0 Å². The van der Waals surface area contributed by atoms with E-state index in [9.17, 15) is 14.0 Å². The van der Waals surface area contributed by atoms with Gasteiger partial charge in [-0.1, -0.05) is 31.5 Å². The van der Waals surface area contributed by atoms with Crippen LogP contribution in [0.1, 0.15) is 45.2 Å². The first-order valence-corrected chi connectivity index (χ1v) is 6.94. The Labute approximate surface area is 128 Å². The van der Waals surface area contributed by atoms with E-state index < -0.39 is 17.2 Å². The van der Waals surface area contributed by atoms with Crippen LogP contribution in [0, 0.1) is 11.2 Å². The van der Waals surface area contributed by atoms with Crippen molar-refractivity contribution in [3.05, 3.63) is 34.6 Å². The summed E-state index contributed by atoms with van der Waals surface area (Å²) in [5.41, 5.74) is 0.0570. The molecule has 0 fully saturated rings. The lowest BCUT2D eigenvalue weighted by Gasteiger charge is -2.23. The molecule has 0 bridgehead atoms. The lowest BCUT2D eigenvalue weighted by atomic mass is 9.85. The number of carbonyl (C=O) groups excluding carboxylic acids is 1. The molecule has 0 aromatic heterocycles. The second-order valence-corrected chi connectivity index (χ2v) is 6.28. The van der Waals surface area contributed by atoms with Gasteiger partial charge in [0.15, 0.2) is 0 Å². The van der Waals surface area contributed by atoms with E-state index in [1.54, 1.807) is 26.8 Å². The molecule has 0 heterocycles. The number of carbonyl (C=O) groups is 2. The summed E-state index contributed by atoms with van der Waals surface area (Å²) in [5.74, 6) is -1.71. The predicted molar refractivity (Wildman–Crippen MR) is 78.6 cm³/mol. The number of hydrogen-bond donors (Lipinski definition) is 2. The zero-order valence-electron chi connectivity index (χ0n) is 12.2. The molecule has 0 saturated heterocycles. The van der Waals surface area contributed by atoms with E-state index in [1.807, 2.05) is 0 Å². The lowest BCUT2D eigenvalue weighted by Crippen LogP contribution is -2.31. The molecule has 1 unspecified atom stereocenters. The Balaban J connectivity index is 2.65. The number of amides is 1. The summed E-state index contributed by atoms with van der Waals surface area (Å²) in [5, 5.41) is 11.6. The third-order valence-electron chi connectivity index (χ3n) is 3.09. The van der Waals surface area contributed by atoms with Gasteiger partial charge in [-0.15, -0.1) is 0 Å². The summed E-state index contributed by atoms with van der Waals surface area (Å²) in [4.78, 5) is 22.7. The molecule has 21 heavy (non-hydrogen) atoms. The van der Waals surface area contributed by atoms with E-state index in [0.717, 1.165) is 0 Å². The number of carboxylic acid groups (broad SMARTS) is 1. The van der Waals surface area contributed by atoms with Gasteiger partial charge < -0.3 is 10.4 Å². The van der Waals surface area contributed by atoms with Gasteiger partial charge in [0.1, 0.15) is 5.82 Å². The molecule has 1 aromatic carbocycles. The first-order chi connectivity index (χ1) is 9.60. The van der Waals surface area contributed by atoms with E-state index in [4.69, 9.17) is 16.7 Å². The van der Waals surface area contributed by atoms with E-state index in [2.05, 4.69) is 5.32 Å². The van der Waals surface area contributed by atoms with Gasteiger partial charge in [0.2, 0.25) is 5.91 Å². The van der Waals surface area contributed by atoms with E-state index in [0.29, 0.717) is 5.56 Å². The average Bonchev–Trinajstić information content (AvgIpc) is 2.29. The Morgan fingerprint density at radius 2 is 2.00 bits per heavy atom. The Hall–Kier alpha value is -1.62. The first kappa shape index (κ1) is 17.4. The molecule has 4 nitrogen and oxygen atoms in total. The minimum absolute atomic E-state index is 0.000180. The molecular weight excluding hydrogens is 297 g/mol. The van der Waals surface area contributed by atoms with Crippen LogP contribution in [0.25, 0.3) is 0 Å². The summed E-state index contributed by atoms with van der Waals surface area (Å²) in [6.07, 6.45) is 0.00967. The normalized spacial score (nSPS) is 12.8. The van der Waals surface area contributed by atoms with E-state index in [1.165, 1.54) is 12.1 Å². The second kappa shape index (κ2) is 6.89. The highest BCUT2D eigenvalue weighted by atomic mass is 35.5. The highest BCUT2D eigenvalue weighted by molar-refractivity contribution is 6.30. The van der Waals surface area contributed by atoms with Crippen molar-refractivity contribution in [2.75, 3.05) is 0 Å². The number of benzene rings is 1. The fraction of sp³-hybridized carbons (Fsp3) is 0.467. The van der Waals surface area contributed by atoms with Crippen molar-refractivity contribution >= 4 is 23.5 Å². The fourth-order valence-electron chi connectivity index (χ4n) is 2.06. The van der Waals surface area contributed by atoms with Crippen LogP contribution in [0.5, 0.6) is 0 Å². The second-order valence-electron chi connectivity index (χ2n) is 5.87. The molecule has 0 aliphatic heterocycles. The van der Waals surface area contributed by atoms with Gasteiger partial charge in [0.25, 0.3) is 0 Å².